The minimum atomic E-state index is 0. The second-order valence-electron chi connectivity index (χ2n) is 4.08. The van der Waals surface area contributed by atoms with Crippen LogP contribution in [0.15, 0.2) is 48.6 Å². The van der Waals surface area contributed by atoms with Gasteiger partial charge in [-0.05, 0) is 17.8 Å². The van der Waals surface area contributed by atoms with Crippen LogP contribution in [0.1, 0.15) is 6.92 Å². The molecule has 0 N–H and O–H groups in total. The third-order valence-corrected chi connectivity index (χ3v) is 3.11. The molecule has 0 heterocycles. The van der Waals surface area contributed by atoms with Crippen molar-refractivity contribution in [1.29, 1.82) is 0 Å². The van der Waals surface area contributed by atoms with Crippen LogP contribution in [-0.2, 0) is 26.2 Å². The van der Waals surface area contributed by atoms with Crippen LogP contribution < -0.4 is 12.4 Å². The van der Waals surface area contributed by atoms with E-state index in [9.17, 15) is 0 Å². The smallest absolute Gasteiger partial charge is 1.00 e. The van der Waals surface area contributed by atoms with Crippen LogP contribution in [0.4, 0.5) is 0 Å². The van der Waals surface area contributed by atoms with Gasteiger partial charge in [0.1, 0.15) is 0 Å². The molecule has 0 saturated carbocycles. The number of allylic oxidation sites excluding steroid dienone is 8. The molecule has 0 bridgehead atoms. The Morgan fingerprint density at radius 3 is 1.71 bits per heavy atom. The number of halogens is 1. The molecular weight excluding hydrogens is 309 g/mol. The van der Waals surface area contributed by atoms with Crippen molar-refractivity contribution in [3.8, 4) is 0 Å². The van der Waals surface area contributed by atoms with Crippen LogP contribution >= 0.6 is 0 Å². The summed E-state index contributed by atoms with van der Waals surface area (Å²) >= 11 is 0. The third kappa shape index (κ3) is 4.69. The minimum absolute atomic E-state index is 0. The van der Waals surface area contributed by atoms with E-state index in [-0.39, 0.29) is 38.6 Å². The Bertz CT molecular complexity index is 268. The molecule has 90 valence electrons. The minimum Gasteiger partial charge on any atom is -1.00 e. The monoisotopic (exact) mass is 325 g/mol. The maximum absolute atomic E-state index is 4.53. The molecule has 3 heteroatoms. The fourth-order valence-electron chi connectivity index (χ4n) is 2.25. The van der Waals surface area contributed by atoms with Crippen molar-refractivity contribution >= 4 is 0 Å². The van der Waals surface area contributed by atoms with Gasteiger partial charge in [-0.1, -0.05) is 55.5 Å². The topological polar surface area (TPSA) is 14.1 Å². The summed E-state index contributed by atoms with van der Waals surface area (Å²) in [6, 6.07) is 0. The zero-order valence-corrected chi connectivity index (χ0v) is 13.3. The predicted molar refractivity (Wildman–Crippen MR) is 65.8 cm³/mol. The van der Waals surface area contributed by atoms with Crippen molar-refractivity contribution < 1.29 is 38.6 Å². The molecule has 0 saturated heterocycles. The summed E-state index contributed by atoms with van der Waals surface area (Å²) in [5, 5.41) is 4.53. The van der Waals surface area contributed by atoms with Crippen LogP contribution in [0, 0.1) is 17.8 Å². The first kappa shape index (κ1) is 17.1. The molecule has 17 heavy (non-hydrogen) atoms. The number of hydrogen-bond acceptors (Lipinski definition) is 0. The summed E-state index contributed by atoms with van der Waals surface area (Å²) in [5.74, 6) is 1.74. The van der Waals surface area contributed by atoms with Crippen molar-refractivity contribution in [1.82, 2.24) is 0 Å². The second kappa shape index (κ2) is 9.08. The van der Waals surface area contributed by atoms with Gasteiger partial charge >= 0.3 is 26.2 Å². The Kier molecular flexibility index (Phi) is 9.13. The van der Waals surface area contributed by atoms with E-state index < -0.39 is 0 Å². The zero-order valence-electron chi connectivity index (χ0n) is 10.1. The van der Waals surface area contributed by atoms with E-state index in [1.807, 2.05) is 0 Å². The summed E-state index contributed by atoms with van der Waals surface area (Å²) in [5.41, 5.74) is 0. The number of nitrogens with zero attached hydrogens (tertiary/aromatic N) is 1. The van der Waals surface area contributed by atoms with Gasteiger partial charge < -0.3 is 17.7 Å². The molecule has 2 rings (SSSR count). The first-order chi connectivity index (χ1) is 7.42. The molecule has 2 aliphatic rings. The van der Waals surface area contributed by atoms with E-state index in [1.54, 1.807) is 0 Å². The molecule has 0 amide bonds. The Hall–Kier alpha value is 0.0931. The van der Waals surface area contributed by atoms with Crippen molar-refractivity contribution in [2.75, 3.05) is 13.1 Å². The van der Waals surface area contributed by atoms with E-state index in [2.05, 4.69) is 60.8 Å². The van der Waals surface area contributed by atoms with Gasteiger partial charge in [-0.25, -0.2) is 0 Å². The Balaban J connectivity index is 0.00000128. The van der Waals surface area contributed by atoms with Crippen LogP contribution in [0.5, 0.6) is 0 Å². The van der Waals surface area contributed by atoms with E-state index >= 15 is 0 Å². The van der Waals surface area contributed by atoms with Gasteiger partial charge in [0.15, 0.2) is 0 Å². The first-order valence-corrected chi connectivity index (χ1v) is 5.75. The van der Waals surface area contributed by atoms with Gasteiger partial charge in [0.05, 0.1) is 0 Å². The number of hydrogen-bond donors (Lipinski definition) is 0. The first-order valence-electron chi connectivity index (χ1n) is 5.75. The van der Waals surface area contributed by atoms with Gasteiger partial charge in [0.2, 0.25) is 0 Å². The van der Waals surface area contributed by atoms with Crippen molar-refractivity contribution in [3.05, 3.63) is 53.9 Å². The number of rotatable bonds is 5. The maximum atomic E-state index is 4.53. The average molecular weight is 327 g/mol. The molecule has 0 spiro atoms. The molecule has 0 unspecified atom stereocenters. The SMILES string of the molecule is CC[N-]CC(C1C=CC=C1)C1C=CC=C1.[Cl-].[Zr+2]. The van der Waals surface area contributed by atoms with E-state index in [0.717, 1.165) is 13.1 Å². The summed E-state index contributed by atoms with van der Waals surface area (Å²) in [6.07, 6.45) is 17.7. The second-order valence-corrected chi connectivity index (χ2v) is 4.08. The van der Waals surface area contributed by atoms with Gasteiger partial charge in [-0.2, -0.15) is 6.54 Å². The zero-order chi connectivity index (χ0) is 10.5. The Morgan fingerprint density at radius 2 is 1.35 bits per heavy atom. The fourth-order valence-corrected chi connectivity index (χ4v) is 2.25. The van der Waals surface area contributed by atoms with Crippen LogP contribution in [0.3, 0.4) is 0 Å². The average Bonchev–Trinajstić information content (AvgIpc) is 2.90. The Labute approximate surface area is 130 Å². The van der Waals surface area contributed by atoms with Gasteiger partial charge in [-0.15, -0.1) is 6.54 Å². The normalized spacial score (nSPS) is 17.8. The summed E-state index contributed by atoms with van der Waals surface area (Å²) < 4.78 is 0. The molecular formula is C14H18ClNZr. The molecule has 0 radical (unpaired) electrons. The van der Waals surface area contributed by atoms with Gasteiger partial charge in [-0.3, -0.25) is 0 Å². The van der Waals surface area contributed by atoms with Gasteiger partial charge in [0.25, 0.3) is 0 Å². The molecule has 0 atom stereocenters. The molecule has 0 aromatic carbocycles. The van der Waals surface area contributed by atoms with Crippen molar-refractivity contribution in [2.45, 2.75) is 6.92 Å². The van der Waals surface area contributed by atoms with E-state index in [0.29, 0.717) is 17.8 Å². The molecule has 0 aromatic heterocycles. The summed E-state index contributed by atoms with van der Waals surface area (Å²) in [6.45, 7) is 4.00. The third-order valence-electron chi connectivity index (χ3n) is 3.11. The quantitative estimate of drug-likeness (QED) is 0.698. The molecule has 0 aromatic rings. The van der Waals surface area contributed by atoms with Crippen molar-refractivity contribution in [3.63, 3.8) is 0 Å². The molecule has 0 aliphatic heterocycles. The Morgan fingerprint density at radius 1 is 0.941 bits per heavy atom. The summed E-state index contributed by atoms with van der Waals surface area (Å²) in [4.78, 5) is 0. The molecule has 2 aliphatic carbocycles. The predicted octanol–water partition coefficient (Wildman–Crippen LogP) is 0.482. The van der Waals surface area contributed by atoms with Gasteiger partial charge in [0, 0.05) is 0 Å². The fraction of sp³-hybridized carbons (Fsp3) is 0.429. The van der Waals surface area contributed by atoms with Crippen molar-refractivity contribution in [2.24, 2.45) is 17.8 Å². The summed E-state index contributed by atoms with van der Waals surface area (Å²) in [7, 11) is 0. The van der Waals surface area contributed by atoms with E-state index in [4.69, 9.17) is 0 Å². The largest absolute Gasteiger partial charge is 2.00 e. The van der Waals surface area contributed by atoms with Crippen LogP contribution in [0.25, 0.3) is 5.32 Å². The van der Waals surface area contributed by atoms with E-state index in [1.165, 1.54) is 0 Å². The van der Waals surface area contributed by atoms with Crippen LogP contribution in [0.2, 0.25) is 0 Å². The maximum Gasteiger partial charge on any atom is 2.00 e. The van der Waals surface area contributed by atoms with Crippen LogP contribution in [-0.4, -0.2) is 13.1 Å². The molecule has 1 nitrogen and oxygen atoms in total. The molecule has 0 fully saturated rings. The standard InChI is InChI=1S/C14H18N.ClH.Zr/c1-2-15-11-14(12-7-3-4-8-12)13-9-5-6-10-13;;/h3-10,12-14H,2,11H2,1H3;1H;/q-1;;+2/p-1.